The fraction of sp³-hybridized carbons (Fsp3) is 0.318. The second-order valence-corrected chi connectivity index (χ2v) is 8.05. The normalized spacial score (nSPS) is 22.7. The molecule has 1 fully saturated rings. The number of nitro groups is 1. The molecule has 0 bridgehead atoms. The maximum Gasteiger partial charge on any atom is 0.270 e. The number of rotatable bonds is 3. The summed E-state index contributed by atoms with van der Waals surface area (Å²) >= 11 is 0. The predicted octanol–water partition coefficient (Wildman–Crippen LogP) is 3.93. The third-order valence-corrected chi connectivity index (χ3v) is 5.99. The van der Waals surface area contributed by atoms with Crippen molar-refractivity contribution in [3.63, 3.8) is 0 Å². The molecule has 4 rings (SSSR count). The van der Waals surface area contributed by atoms with Gasteiger partial charge < -0.3 is 10.2 Å². The highest BCUT2D eigenvalue weighted by Gasteiger charge is 2.57. The third-order valence-electron chi connectivity index (χ3n) is 5.99. The molecule has 0 saturated carbocycles. The van der Waals surface area contributed by atoms with Crippen molar-refractivity contribution in [2.45, 2.75) is 38.3 Å². The number of non-ortho nitro benzene ring substituents is 1. The lowest BCUT2D eigenvalue weighted by Crippen LogP contribution is -2.68. The van der Waals surface area contributed by atoms with E-state index in [2.05, 4.69) is 49.2 Å². The monoisotopic (exact) mass is 377 g/mol. The van der Waals surface area contributed by atoms with Gasteiger partial charge in [0.05, 0.1) is 4.92 Å². The van der Waals surface area contributed by atoms with Crippen LogP contribution in [0.1, 0.15) is 37.0 Å². The second-order valence-electron chi connectivity index (χ2n) is 8.05. The smallest absolute Gasteiger partial charge is 0.270 e. The summed E-state index contributed by atoms with van der Waals surface area (Å²) in [6.07, 6.45) is 4.29. The Labute approximate surface area is 164 Å². The summed E-state index contributed by atoms with van der Waals surface area (Å²) in [5.74, 6) is 0.0116. The van der Waals surface area contributed by atoms with Gasteiger partial charge in [0.2, 0.25) is 5.91 Å². The first kappa shape index (κ1) is 18.2. The lowest BCUT2D eigenvalue weighted by molar-refractivity contribution is -0.384. The minimum absolute atomic E-state index is 0.0116. The molecular formula is C22H23N3O3. The van der Waals surface area contributed by atoms with Crippen LogP contribution in [0.5, 0.6) is 0 Å². The molecule has 0 unspecified atom stereocenters. The number of carbonyl (C=O) groups is 1. The van der Waals surface area contributed by atoms with Crippen LogP contribution in [0, 0.1) is 17.0 Å². The summed E-state index contributed by atoms with van der Waals surface area (Å²) in [7, 11) is 0. The van der Waals surface area contributed by atoms with Crippen LogP contribution in [0.3, 0.4) is 0 Å². The average molecular weight is 377 g/mol. The lowest BCUT2D eigenvalue weighted by atomic mass is 9.74. The first-order valence-corrected chi connectivity index (χ1v) is 9.38. The Bertz CT molecular complexity index is 1010. The topological polar surface area (TPSA) is 75.5 Å². The summed E-state index contributed by atoms with van der Waals surface area (Å²) in [6, 6.07) is 12.9. The van der Waals surface area contributed by atoms with Crippen LogP contribution >= 0.6 is 0 Å². The van der Waals surface area contributed by atoms with Gasteiger partial charge in [-0.25, -0.2) is 0 Å². The van der Waals surface area contributed by atoms with E-state index in [-0.39, 0.29) is 17.0 Å². The molecule has 0 spiro atoms. The number of benzene rings is 2. The minimum atomic E-state index is -0.719. The van der Waals surface area contributed by atoms with Gasteiger partial charge in [-0.3, -0.25) is 14.9 Å². The quantitative estimate of drug-likeness (QED) is 0.650. The Hall–Kier alpha value is -3.15. The second kappa shape index (κ2) is 6.19. The SMILES string of the molecule is Cc1ccc2c(c1)C(C)(C)[C@]1(/C=C/c3cccc([N+](=O)[O-])c3)NC(=O)CCN21. The minimum Gasteiger partial charge on any atom is -0.344 e. The molecule has 28 heavy (non-hydrogen) atoms. The molecule has 2 aromatic rings. The number of hydrogen-bond donors (Lipinski definition) is 1. The molecule has 2 aliphatic rings. The zero-order chi connectivity index (χ0) is 20.1. The molecule has 1 saturated heterocycles. The van der Waals surface area contributed by atoms with Crippen molar-refractivity contribution in [3.05, 3.63) is 75.3 Å². The summed E-state index contributed by atoms with van der Waals surface area (Å²) < 4.78 is 0. The summed E-state index contributed by atoms with van der Waals surface area (Å²) in [6.45, 7) is 6.96. The third kappa shape index (κ3) is 2.59. The van der Waals surface area contributed by atoms with E-state index >= 15 is 0 Å². The highest BCUT2D eigenvalue weighted by atomic mass is 16.6. The highest BCUT2D eigenvalue weighted by molar-refractivity contribution is 5.84. The van der Waals surface area contributed by atoms with Crippen molar-refractivity contribution < 1.29 is 9.72 Å². The number of carbonyl (C=O) groups excluding carboxylic acids is 1. The van der Waals surface area contributed by atoms with Crippen molar-refractivity contribution in [1.82, 2.24) is 5.32 Å². The van der Waals surface area contributed by atoms with Crippen molar-refractivity contribution in [3.8, 4) is 0 Å². The Balaban J connectivity index is 1.83. The van der Waals surface area contributed by atoms with Gasteiger partial charge in [-0.2, -0.15) is 0 Å². The number of anilines is 1. The zero-order valence-corrected chi connectivity index (χ0v) is 16.2. The van der Waals surface area contributed by atoms with Crippen LogP contribution in [0.4, 0.5) is 11.4 Å². The maximum atomic E-state index is 12.4. The molecule has 2 heterocycles. The van der Waals surface area contributed by atoms with E-state index in [9.17, 15) is 14.9 Å². The van der Waals surface area contributed by atoms with E-state index in [0.717, 1.165) is 11.3 Å². The van der Waals surface area contributed by atoms with Crippen LogP contribution in [0.2, 0.25) is 0 Å². The van der Waals surface area contributed by atoms with E-state index < -0.39 is 10.6 Å². The van der Waals surface area contributed by atoms with Crippen LogP contribution in [0.15, 0.2) is 48.5 Å². The fourth-order valence-corrected chi connectivity index (χ4v) is 4.43. The van der Waals surface area contributed by atoms with Crippen LogP contribution in [-0.4, -0.2) is 23.0 Å². The number of hydrogen-bond acceptors (Lipinski definition) is 4. The Kier molecular flexibility index (Phi) is 4.03. The molecular weight excluding hydrogens is 354 g/mol. The maximum absolute atomic E-state index is 12.4. The van der Waals surface area contributed by atoms with E-state index in [1.165, 1.54) is 17.2 Å². The Morgan fingerprint density at radius 3 is 2.75 bits per heavy atom. The van der Waals surface area contributed by atoms with Crippen molar-refractivity contribution in [2.75, 3.05) is 11.4 Å². The van der Waals surface area contributed by atoms with Gasteiger partial charge in [0, 0.05) is 36.2 Å². The summed E-state index contributed by atoms with van der Waals surface area (Å²) in [5, 5.41) is 14.3. The van der Waals surface area contributed by atoms with E-state index in [1.807, 2.05) is 18.2 Å². The van der Waals surface area contributed by atoms with Gasteiger partial charge >= 0.3 is 0 Å². The van der Waals surface area contributed by atoms with Crippen LogP contribution in [-0.2, 0) is 10.2 Å². The van der Waals surface area contributed by atoms with E-state index in [0.29, 0.717) is 13.0 Å². The van der Waals surface area contributed by atoms with Gasteiger partial charge in [-0.1, -0.05) is 49.8 Å². The number of nitrogens with zero attached hydrogens (tertiary/aromatic N) is 2. The number of aryl methyl sites for hydroxylation is 1. The molecule has 6 nitrogen and oxygen atoms in total. The van der Waals surface area contributed by atoms with Gasteiger partial charge in [-0.05, 0) is 30.2 Å². The van der Waals surface area contributed by atoms with Crippen LogP contribution < -0.4 is 10.2 Å². The molecule has 1 N–H and O–H groups in total. The van der Waals surface area contributed by atoms with Crippen molar-refractivity contribution in [1.29, 1.82) is 0 Å². The molecule has 6 heteroatoms. The van der Waals surface area contributed by atoms with E-state index in [4.69, 9.17) is 0 Å². The molecule has 0 aliphatic carbocycles. The van der Waals surface area contributed by atoms with Gasteiger partial charge in [-0.15, -0.1) is 0 Å². The fourth-order valence-electron chi connectivity index (χ4n) is 4.43. The summed E-state index contributed by atoms with van der Waals surface area (Å²) in [4.78, 5) is 25.3. The van der Waals surface area contributed by atoms with Gasteiger partial charge in [0.15, 0.2) is 0 Å². The first-order valence-electron chi connectivity index (χ1n) is 9.38. The molecule has 0 aromatic heterocycles. The van der Waals surface area contributed by atoms with Gasteiger partial charge in [0.25, 0.3) is 5.69 Å². The largest absolute Gasteiger partial charge is 0.344 e. The van der Waals surface area contributed by atoms with Crippen molar-refractivity contribution in [2.24, 2.45) is 0 Å². The lowest BCUT2D eigenvalue weighted by Gasteiger charge is -2.49. The van der Waals surface area contributed by atoms with Crippen molar-refractivity contribution >= 4 is 23.4 Å². The highest BCUT2D eigenvalue weighted by Crippen LogP contribution is 2.52. The number of nitrogens with one attached hydrogen (secondary N) is 1. The van der Waals surface area contributed by atoms with E-state index in [1.54, 1.807) is 12.1 Å². The molecule has 1 amide bonds. The number of fused-ring (bicyclic) bond motifs is 3. The number of amides is 1. The molecule has 144 valence electrons. The standard InChI is InChI=1S/C22H23N3O3/c1-15-7-8-19-18(13-15)21(2,3)22(23-20(26)10-12-24(19)22)11-9-16-5-4-6-17(14-16)25(27)28/h4-9,11,13-14H,10,12H2,1-3H3,(H,23,26)/b11-9+/t22-/m1/s1. The van der Waals surface area contributed by atoms with Gasteiger partial charge in [0.1, 0.15) is 5.66 Å². The molecule has 2 aliphatic heterocycles. The van der Waals surface area contributed by atoms with Crippen LogP contribution in [0.25, 0.3) is 6.08 Å². The summed E-state index contributed by atoms with van der Waals surface area (Å²) in [5.41, 5.74) is 3.18. The predicted molar refractivity (Wildman–Crippen MR) is 109 cm³/mol. The average Bonchev–Trinajstić information content (AvgIpc) is 2.84. The molecule has 0 radical (unpaired) electrons. The molecule has 1 atom stereocenters. The number of nitro benzene ring substituents is 1. The zero-order valence-electron chi connectivity index (χ0n) is 16.2. The first-order chi connectivity index (χ1) is 13.2. The molecule has 2 aromatic carbocycles. The Morgan fingerprint density at radius 2 is 2.00 bits per heavy atom. The Morgan fingerprint density at radius 1 is 1.21 bits per heavy atom.